The number of benzene rings is 2. The molecule has 0 aliphatic carbocycles. The molecule has 0 saturated heterocycles. The zero-order valence-electron chi connectivity index (χ0n) is 14.2. The number of hydrogen-bond acceptors (Lipinski definition) is 3. The number of carbonyl (C=O) groups is 1. The van der Waals surface area contributed by atoms with Crippen LogP contribution in [0.15, 0.2) is 67.0 Å². The Morgan fingerprint density at radius 2 is 1.92 bits per heavy atom. The molecule has 0 saturated carbocycles. The Bertz CT molecular complexity index is 828. The fraction of sp³-hybridized carbons (Fsp3) is 0.200. The van der Waals surface area contributed by atoms with Gasteiger partial charge in [0.25, 0.3) is 0 Å². The van der Waals surface area contributed by atoms with Crippen LogP contribution >= 0.6 is 0 Å². The van der Waals surface area contributed by atoms with Crippen LogP contribution in [-0.4, -0.2) is 22.8 Å². The lowest BCUT2D eigenvalue weighted by Gasteiger charge is -2.05. The van der Waals surface area contributed by atoms with E-state index in [1.54, 1.807) is 18.0 Å². The molecule has 0 fully saturated rings. The second kappa shape index (κ2) is 8.15. The third kappa shape index (κ3) is 4.94. The summed E-state index contributed by atoms with van der Waals surface area (Å²) in [5.41, 5.74) is 2.96. The van der Waals surface area contributed by atoms with E-state index in [4.69, 9.17) is 4.74 Å². The standard InChI is InChI=1S/C20H21N3O2/c1-25-19-9-5-8-17(12-19)14-23-15-18(13-21-23)22-20(24)11-10-16-6-3-2-4-7-16/h2-9,12-13,15H,10-11,14H2,1H3,(H,22,24). The summed E-state index contributed by atoms with van der Waals surface area (Å²) in [5, 5.41) is 7.19. The summed E-state index contributed by atoms with van der Waals surface area (Å²) in [7, 11) is 1.65. The van der Waals surface area contributed by atoms with Gasteiger partial charge in [0, 0.05) is 12.6 Å². The second-order valence-electron chi connectivity index (χ2n) is 5.81. The molecule has 0 bridgehead atoms. The van der Waals surface area contributed by atoms with Crippen LogP contribution in [-0.2, 0) is 17.8 Å². The summed E-state index contributed by atoms with van der Waals surface area (Å²) in [4.78, 5) is 12.1. The van der Waals surface area contributed by atoms with Crippen LogP contribution < -0.4 is 10.1 Å². The number of methoxy groups -OCH3 is 1. The van der Waals surface area contributed by atoms with Crippen LogP contribution in [0, 0.1) is 0 Å². The predicted molar refractivity (Wildman–Crippen MR) is 97.7 cm³/mol. The van der Waals surface area contributed by atoms with Gasteiger partial charge in [-0.25, -0.2) is 0 Å². The van der Waals surface area contributed by atoms with Crippen LogP contribution in [0.2, 0.25) is 0 Å². The minimum atomic E-state index is -0.00946. The Hall–Kier alpha value is -3.08. The number of hydrogen-bond donors (Lipinski definition) is 1. The van der Waals surface area contributed by atoms with Gasteiger partial charge in [-0.1, -0.05) is 42.5 Å². The lowest BCUT2D eigenvalue weighted by atomic mass is 10.1. The Balaban J connectivity index is 1.53. The Kier molecular flexibility index (Phi) is 5.46. The highest BCUT2D eigenvalue weighted by Gasteiger charge is 2.06. The van der Waals surface area contributed by atoms with E-state index in [9.17, 15) is 4.79 Å². The first-order chi connectivity index (χ1) is 12.2. The maximum atomic E-state index is 12.1. The largest absolute Gasteiger partial charge is 0.497 e. The molecule has 0 aliphatic rings. The number of ether oxygens (including phenoxy) is 1. The highest BCUT2D eigenvalue weighted by atomic mass is 16.5. The SMILES string of the molecule is COc1cccc(Cn2cc(NC(=O)CCc3ccccc3)cn2)c1. The average molecular weight is 335 g/mol. The molecular formula is C20H21N3O2. The molecule has 128 valence electrons. The molecule has 1 N–H and O–H groups in total. The van der Waals surface area contributed by atoms with E-state index in [2.05, 4.69) is 10.4 Å². The smallest absolute Gasteiger partial charge is 0.224 e. The van der Waals surface area contributed by atoms with Crippen molar-refractivity contribution in [2.24, 2.45) is 0 Å². The maximum Gasteiger partial charge on any atom is 0.224 e. The average Bonchev–Trinajstić information content (AvgIpc) is 3.07. The van der Waals surface area contributed by atoms with Crippen molar-refractivity contribution in [3.05, 3.63) is 78.1 Å². The van der Waals surface area contributed by atoms with E-state index >= 15 is 0 Å². The number of amides is 1. The minimum Gasteiger partial charge on any atom is -0.497 e. The number of anilines is 1. The summed E-state index contributed by atoms with van der Waals surface area (Å²) in [5.74, 6) is 0.809. The summed E-state index contributed by atoms with van der Waals surface area (Å²) >= 11 is 0. The molecule has 0 radical (unpaired) electrons. The van der Waals surface area contributed by atoms with Crippen molar-refractivity contribution in [3.63, 3.8) is 0 Å². The normalized spacial score (nSPS) is 10.4. The van der Waals surface area contributed by atoms with E-state index in [0.29, 0.717) is 18.7 Å². The molecule has 5 nitrogen and oxygen atoms in total. The third-order valence-electron chi connectivity index (χ3n) is 3.88. The molecule has 1 amide bonds. The fourth-order valence-electron chi connectivity index (χ4n) is 2.60. The van der Waals surface area contributed by atoms with E-state index in [1.165, 1.54) is 0 Å². The minimum absolute atomic E-state index is 0.00946. The molecule has 5 heteroatoms. The quantitative estimate of drug-likeness (QED) is 0.719. The van der Waals surface area contributed by atoms with Crippen LogP contribution in [0.3, 0.4) is 0 Å². The van der Waals surface area contributed by atoms with Gasteiger partial charge in [0.1, 0.15) is 5.75 Å². The van der Waals surface area contributed by atoms with E-state index in [0.717, 1.165) is 23.3 Å². The van der Waals surface area contributed by atoms with Gasteiger partial charge in [-0.2, -0.15) is 5.10 Å². The molecule has 0 aliphatic heterocycles. The fourth-order valence-corrected chi connectivity index (χ4v) is 2.60. The first-order valence-corrected chi connectivity index (χ1v) is 8.22. The van der Waals surface area contributed by atoms with Crippen LogP contribution in [0.5, 0.6) is 5.75 Å². The predicted octanol–water partition coefficient (Wildman–Crippen LogP) is 3.51. The molecule has 0 unspecified atom stereocenters. The van der Waals surface area contributed by atoms with Gasteiger partial charge in [0.2, 0.25) is 5.91 Å². The summed E-state index contributed by atoms with van der Waals surface area (Å²) in [6, 6.07) is 17.8. The van der Waals surface area contributed by atoms with Gasteiger partial charge in [0.15, 0.2) is 0 Å². The number of nitrogens with zero attached hydrogens (tertiary/aromatic N) is 2. The molecule has 3 aromatic rings. The van der Waals surface area contributed by atoms with Gasteiger partial charge in [-0.15, -0.1) is 0 Å². The number of rotatable bonds is 7. The van der Waals surface area contributed by atoms with Gasteiger partial charge >= 0.3 is 0 Å². The molecule has 1 aromatic heterocycles. The molecule has 0 spiro atoms. The summed E-state index contributed by atoms with van der Waals surface area (Å²) < 4.78 is 7.02. The van der Waals surface area contributed by atoms with Crippen LogP contribution in [0.4, 0.5) is 5.69 Å². The maximum absolute atomic E-state index is 12.1. The van der Waals surface area contributed by atoms with E-state index in [-0.39, 0.29) is 5.91 Å². The van der Waals surface area contributed by atoms with Crippen LogP contribution in [0.25, 0.3) is 0 Å². The highest BCUT2D eigenvalue weighted by molar-refractivity contribution is 5.90. The summed E-state index contributed by atoms with van der Waals surface area (Å²) in [6.07, 6.45) is 4.68. The Labute approximate surface area is 147 Å². The molecule has 0 atom stereocenters. The third-order valence-corrected chi connectivity index (χ3v) is 3.88. The van der Waals surface area contributed by atoms with Crippen molar-refractivity contribution in [2.45, 2.75) is 19.4 Å². The highest BCUT2D eigenvalue weighted by Crippen LogP contribution is 2.14. The lowest BCUT2D eigenvalue weighted by molar-refractivity contribution is -0.116. The molecule has 3 rings (SSSR count). The lowest BCUT2D eigenvalue weighted by Crippen LogP contribution is -2.11. The number of aromatic nitrogens is 2. The monoisotopic (exact) mass is 335 g/mol. The number of nitrogens with one attached hydrogen (secondary N) is 1. The first kappa shape index (κ1) is 16.8. The zero-order valence-corrected chi connectivity index (χ0v) is 14.2. The molecular weight excluding hydrogens is 314 g/mol. The number of aryl methyl sites for hydroxylation is 1. The van der Waals surface area contributed by atoms with E-state index < -0.39 is 0 Å². The molecule has 1 heterocycles. The molecule has 25 heavy (non-hydrogen) atoms. The van der Waals surface area contributed by atoms with Gasteiger partial charge < -0.3 is 10.1 Å². The van der Waals surface area contributed by atoms with Crippen molar-refractivity contribution in [3.8, 4) is 5.75 Å². The molecule has 2 aromatic carbocycles. The Morgan fingerprint density at radius 3 is 2.72 bits per heavy atom. The Morgan fingerprint density at radius 1 is 1.12 bits per heavy atom. The van der Waals surface area contributed by atoms with E-state index in [1.807, 2.05) is 60.8 Å². The van der Waals surface area contributed by atoms with Gasteiger partial charge in [-0.05, 0) is 29.7 Å². The number of carbonyl (C=O) groups excluding carboxylic acids is 1. The first-order valence-electron chi connectivity index (χ1n) is 8.22. The van der Waals surface area contributed by atoms with Crippen LogP contribution in [0.1, 0.15) is 17.5 Å². The summed E-state index contributed by atoms with van der Waals surface area (Å²) in [6.45, 7) is 0.622. The van der Waals surface area contributed by atoms with Crippen molar-refractivity contribution >= 4 is 11.6 Å². The topological polar surface area (TPSA) is 56.1 Å². The van der Waals surface area contributed by atoms with Crippen molar-refractivity contribution in [1.29, 1.82) is 0 Å². The van der Waals surface area contributed by atoms with Gasteiger partial charge in [0.05, 0.1) is 25.5 Å². The zero-order chi connectivity index (χ0) is 17.5. The van der Waals surface area contributed by atoms with Crippen molar-refractivity contribution in [1.82, 2.24) is 9.78 Å². The van der Waals surface area contributed by atoms with Gasteiger partial charge in [-0.3, -0.25) is 9.48 Å². The van der Waals surface area contributed by atoms with Crippen molar-refractivity contribution in [2.75, 3.05) is 12.4 Å². The second-order valence-corrected chi connectivity index (χ2v) is 5.81. The van der Waals surface area contributed by atoms with Crippen molar-refractivity contribution < 1.29 is 9.53 Å².